The Bertz CT molecular complexity index is 242. The van der Waals surface area contributed by atoms with Crippen LogP contribution in [0.3, 0.4) is 0 Å². The predicted octanol–water partition coefficient (Wildman–Crippen LogP) is -0.224. The minimum absolute atomic E-state index is 0.171. The van der Waals surface area contributed by atoms with Gasteiger partial charge in [-0.25, -0.2) is 0 Å². The van der Waals surface area contributed by atoms with Crippen molar-refractivity contribution in [3.05, 3.63) is 0 Å². The molecule has 13 heavy (non-hydrogen) atoms. The zero-order chi connectivity index (χ0) is 9.42. The Labute approximate surface area is 76.9 Å². The fourth-order valence-electron chi connectivity index (χ4n) is 2.43. The van der Waals surface area contributed by atoms with Gasteiger partial charge in [-0.15, -0.1) is 0 Å². The van der Waals surface area contributed by atoms with Gasteiger partial charge in [0.1, 0.15) is 6.42 Å². The highest BCUT2D eigenvalue weighted by Crippen LogP contribution is 2.51. The zero-order valence-corrected chi connectivity index (χ0v) is 7.45. The number of primary amides is 1. The molecule has 0 heterocycles. The lowest BCUT2D eigenvalue weighted by molar-refractivity contribution is -0.127. The molecule has 0 spiro atoms. The summed E-state index contributed by atoms with van der Waals surface area (Å²) >= 11 is 0. The number of hydrogen-bond donors (Lipinski definition) is 2. The Morgan fingerprint density at radius 3 is 2.46 bits per heavy atom. The molecule has 2 amide bonds. The van der Waals surface area contributed by atoms with Gasteiger partial charge in [0, 0.05) is 6.04 Å². The minimum Gasteiger partial charge on any atom is -0.369 e. The van der Waals surface area contributed by atoms with E-state index in [1.165, 1.54) is 19.3 Å². The van der Waals surface area contributed by atoms with E-state index < -0.39 is 5.91 Å². The van der Waals surface area contributed by atoms with Gasteiger partial charge < -0.3 is 11.1 Å². The normalized spacial score (nSPS) is 35.2. The summed E-state index contributed by atoms with van der Waals surface area (Å²) in [7, 11) is 0. The Hall–Kier alpha value is -1.06. The van der Waals surface area contributed by atoms with E-state index in [1.807, 2.05) is 0 Å². The van der Waals surface area contributed by atoms with Gasteiger partial charge in [-0.1, -0.05) is 6.42 Å². The summed E-state index contributed by atoms with van der Waals surface area (Å²) in [5.74, 6) is 0.615. The molecule has 0 saturated heterocycles. The van der Waals surface area contributed by atoms with Crippen LogP contribution >= 0.6 is 0 Å². The summed E-state index contributed by atoms with van der Waals surface area (Å²) in [4.78, 5) is 21.5. The van der Waals surface area contributed by atoms with Crippen LogP contribution in [0.5, 0.6) is 0 Å². The van der Waals surface area contributed by atoms with E-state index in [0.717, 1.165) is 0 Å². The van der Waals surface area contributed by atoms with Crippen LogP contribution in [0.2, 0.25) is 0 Å². The predicted molar refractivity (Wildman–Crippen MR) is 46.6 cm³/mol. The molecule has 2 rings (SSSR count). The molecule has 0 aromatic heterocycles. The number of nitrogens with two attached hydrogens (primary N) is 1. The maximum absolute atomic E-state index is 11.1. The van der Waals surface area contributed by atoms with Crippen LogP contribution in [0.25, 0.3) is 0 Å². The smallest absolute Gasteiger partial charge is 0.229 e. The third kappa shape index (κ3) is 1.66. The minimum atomic E-state index is -0.552. The highest BCUT2D eigenvalue weighted by atomic mass is 16.2. The van der Waals surface area contributed by atoms with E-state index in [1.54, 1.807) is 0 Å². The monoisotopic (exact) mass is 182 g/mol. The third-order valence-electron chi connectivity index (χ3n) is 3.07. The largest absolute Gasteiger partial charge is 0.369 e. The van der Waals surface area contributed by atoms with Crippen LogP contribution < -0.4 is 11.1 Å². The van der Waals surface area contributed by atoms with Crippen LogP contribution in [0.15, 0.2) is 0 Å². The number of rotatable bonds is 3. The van der Waals surface area contributed by atoms with E-state index in [4.69, 9.17) is 5.73 Å². The van der Waals surface area contributed by atoms with E-state index in [-0.39, 0.29) is 12.3 Å². The van der Waals surface area contributed by atoms with Crippen molar-refractivity contribution in [2.24, 2.45) is 17.6 Å². The number of hydrogen-bond acceptors (Lipinski definition) is 2. The van der Waals surface area contributed by atoms with Crippen LogP contribution in [-0.4, -0.2) is 17.9 Å². The Morgan fingerprint density at radius 2 is 1.92 bits per heavy atom. The van der Waals surface area contributed by atoms with Crippen molar-refractivity contribution in [1.82, 2.24) is 5.32 Å². The lowest BCUT2D eigenvalue weighted by atomic mass is 10.2. The summed E-state index contributed by atoms with van der Waals surface area (Å²) in [6.07, 6.45) is 3.58. The van der Waals surface area contributed by atoms with Gasteiger partial charge in [0.2, 0.25) is 11.8 Å². The van der Waals surface area contributed by atoms with E-state index in [0.29, 0.717) is 17.9 Å². The van der Waals surface area contributed by atoms with Gasteiger partial charge in [-0.3, -0.25) is 9.59 Å². The van der Waals surface area contributed by atoms with Crippen LogP contribution in [0, 0.1) is 11.8 Å². The van der Waals surface area contributed by atoms with E-state index in [9.17, 15) is 9.59 Å². The molecule has 2 fully saturated rings. The first kappa shape index (κ1) is 8.53. The molecule has 0 aromatic carbocycles. The number of nitrogens with one attached hydrogen (secondary N) is 1. The van der Waals surface area contributed by atoms with Crippen molar-refractivity contribution in [2.75, 3.05) is 0 Å². The molecule has 0 aromatic rings. The average molecular weight is 182 g/mol. The standard InChI is InChI=1S/C9H14N2O2/c10-7(12)4-8(13)11-9-5-2-1-3-6(5)9/h5-6,9H,1-4H2,(H2,10,12)(H,11,13). The molecule has 2 unspecified atom stereocenters. The van der Waals surface area contributed by atoms with Crippen LogP contribution in [0.1, 0.15) is 25.7 Å². The molecule has 72 valence electrons. The van der Waals surface area contributed by atoms with Gasteiger partial charge in [-0.2, -0.15) is 0 Å². The zero-order valence-electron chi connectivity index (χ0n) is 7.45. The van der Waals surface area contributed by atoms with Gasteiger partial charge in [0.25, 0.3) is 0 Å². The highest BCUT2D eigenvalue weighted by Gasteiger charge is 2.53. The van der Waals surface area contributed by atoms with Crippen molar-refractivity contribution >= 4 is 11.8 Å². The number of carbonyl (C=O) groups is 2. The molecule has 2 atom stereocenters. The molecule has 2 aliphatic rings. The molecule has 0 bridgehead atoms. The molecule has 3 N–H and O–H groups in total. The van der Waals surface area contributed by atoms with Gasteiger partial charge in [0.05, 0.1) is 0 Å². The Kier molecular flexibility index (Phi) is 1.98. The second-order valence-electron chi connectivity index (χ2n) is 3.99. The first-order valence-corrected chi connectivity index (χ1v) is 4.76. The number of fused-ring (bicyclic) bond motifs is 1. The van der Waals surface area contributed by atoms with Crippen LogP contribution in [0.4, 0.5) is 0 Å². The van der Waals surface area contributed by atoms with E-state index >= 15 is 0 Å². The summed E-state index contributed by atoms with van der Waals surface area (Å²) in [6, 6.07) is 0.348. The SMILES string of the molecule is NC(=O)CC(=O)NC1C2CCCC21. The average Bonchev–Trinajstić information content (AvgIpc) is 2.51. The van der Waals surface area contributed by atoms with Crippen LogP contribution in [-0.2, 0) is 9.59 Å². The Balaban J connectivity index is 1.74. The van der Waals surface area contributed by atoms with Gasteiger partial charge in [-0.05, 0) is 24.7 Å². The van der Waals surface area contributed by atoms with Gasteiger partial charge >= 0.3 is 0 Å². The number of carbonyl (C=O) groups excluding carboxylic acids is 2. The molecular weight excluding hydrogens is 168 g/mol. The molecular formula is C9H14N2O2. The van der Waals surface area contributed by atoms with Crippen molar-refractivity contribution in [1.29, 1.82) is 0 Å². The van der Waals surface area contributed by atoms with Crippen molar-refractivity contribution in [3.8, 4) is 0 Å². The van der Waals surface area contributed by atoms with Crippen molar-refractivity contribution < 1.29 is 9.59 Å². The second kappa shape index (κ2) is 3.01. The summed E-state index contributed by atoms with van der Waals surface area (Å²) in [5, 5.41) is 2.85. The molecule has 0 aliphatic heterocycles. The molecule has 0 radical (unpaired) electrons. The summed E-state index contributed by atoms with van der Waals surface area (Å²) in [6.45, 7) is 0. The van der Waals surface area contributed by atoms with Crippen molar-refractivity contribution in [2.45, 2.75) is 31.7 Å². The lowest BCUT2D eigenvalue weighted by Crippen LogP contribution is -2.32. The van der Waals surface area contributed by atoms with Crippen molar-refractivity contribution in [3.63, 3.8) is 0 Å². The fraction of sp³-hybridized carbons (Fsp3) is 0.778. The summed E-state index contributed by atoms with van der Waals surface area (Å²) in [5.41, 5.74) is 4.91. The maximum Gasteiger partial charge on any atom is 0.229 e. The first-order chi connectivity index (χ1) is 6.18. The second-order valence-corrected chi connectivity index (χ2v) is 3.99. The highest BCUT2D eigenvalue weighted by molar-refractivity contribution is 5.96. The third-order valence-corrected chi connectivity index (χ3v) is 3.07. The molecule has 2 saturated carbocycles. The molecule has 4 heteroatoms. The first-order valence-electron chi connectivity index (χ1n) is 4.76. The molecule has 2 aliphatic carbocycles. The lowest BCUT2D eigenvalue weighted by Gasteiger charge is -2.04. The van der Waals surface area contributed by atoms with E-state index in [2.05, 4.69) is 5.32 Å². The molecule has 4 nitrogen and oxygen atoms in total. The quantitative estimate of drug-likeness (QED) is 0.592. The maximum atomic E-state index is 11.1. The Morgan fingerprint density at radius 1 is 1.31 bits per heavy atom. The topological polar surface area (TPSA) is 72.2 Å². The van der Waals surface area contributed by atoms with Gasteiger partial charge in [0.15, 0.2) is 0 Å². The fourth-order valence-corrected chi connectivity index (χ4v) is 2.43. The number of amides is 2. The summed E-state index contributed by atoms with van der Waals surface area (Å²) < 4.78 is 0.